The van der Waals surface area contributed by atoms with Gasteiger partial charge in [0.25, 0.3) is 6.02 Å². The largest absolute Gasteiger partial charge is 0.493 e. The Morgan fingerprint density at radius 3 is 2.71 bits per heavy atom. The lowest BCUT2D eigenvalue weighted by Gasteiger charge is -2.34. The molecule has 2 N–H and O–H groups in total. The summed E-state index contributed by atoms with van der Waals surface area (Å²) in [6.07, 6.45) is 9.57. The Balaban J connectivity index is 1.42. The van der Waals surface area contributed by atoms with E-state index >= 15 is 4.39 Å². The number of aliphatic imine (C=N–C) groups is 1. The van der Waals surface area contributed by atoms with Crippen LogP contribution in [0.5, 0.6) is 17.2 Å². The highest BCUT2D eigenvalue weighted by Crippen LogP contribution is 2.53. The van der Waals surface area contributed by atoms with Crippen molar-refractivity contribution in [3.05, 3.63) is 71.8 Å². The van der Waals surface area contributed by atoms with Crippen LogP contribution < -0.4 is 15.2 Å². The number of aromatic nitrogens is 1. The van der Waals surface area contributed by atoms with Crippen LogP contribution in [0.1, 0.15) is 43.2 Å². The number of nitrogens with two attached hydrogens (primary N) is 1. The number of hydrogen-bond acceptors (Lipinski definition) is 6. The maximum atomic E-state index is 15.3. The van der Waals surface area contributed by atoms with Crippen molar-refractivity contribution in [1.29, 1.82) is 0 Å². The molecule has 2 aromatic carbocycles. The minimum Gasteiger partial charge on any atom is -0.493 e. The molecule has 6 rings (SSSR count). The summed E-state index contributed by atoms with van der Waals surface area (Å²) in [5.74, 6) is 1.14. The quantitative estimate of drug-likeness (QED) is 0.554. The number of hydrogen-bond donors (Lipinski definition) is 1. The van der Waals surface area contributed by atoms with Crippen LogP contribution in [0.15, 0.2) is 59.9 Å². The molecule has 6 nitrogen and oxygen atoms in total. The first-order valence-electron chi connectivity index (χ1n) is 11.8. The molecule has 1 aliphatic carbocycles. The van der Waals surface area contributed by atoms with Crippen LogP contribution in [0.3, 0.4) is 0 Å². The zero-order valence-corrected chi connectivity index (χ0v) is 18.8. The molecule has 0 unspecified atom stereocenters. The lowest BCUT2D eigenvalue weighted by atomic mass is 9.80. The van der Waals surface area contributed by atoms with Crippen LogP contribution >= 0.6 is 0 Å². The Kier molecular flexibility index (Phi) is 5.12. The lowest BCUT2D eigenvalue weighted by molar-refractivity contribution is 0.206. The number of fused-ring (bicyclic) bond motifs is 4. The zero-order valence-electron chi connectivity index (χ0n) is 18.8. The van der Waals surface area contributed by atoms with Crippen LogP contribution in [0.25, 0.3) is 11.1 Å². The fourth-order valence-electron chi connectivity index (χ4n) is 5.25. The summed E-state index contributed by atoms with van der Waals surface area (Å²) in [6, 6.07) is 12.9. The van der Waals surface area contributed by atoms with E-state index in [1.807, 2.05) is 36.4 Å². The van der Waals surface area contributed by atoms with Gasteiger partial charge < -0.3 is 19.9 Å². The third-order valence-corrected chi connectivity index (χ3v) is 7.04. The second kappa shape index (κ2) is 8.31. The molecule has 174 valence electrons. The molecule has 7 heteroatoms. The summed E-state index contributed by atoms with van der Waals surface area (Å²) >= 11 is 0. The van der Waals surface area contributed by atoms with Crippen LogP contribution in [0.2, 0.25) is 0 Å². The van der Waals surface area contributed by atoms with Gasteiger partial charge in [-0.25, -0.2) is 9.38 Å². The maximum Gasteiger partial charge on any atom is 0.283 e. The standard InChI is InChI=1S/C27H26FN3O3/c28-23-13-20(32-15-17-5-2-1-3-6-17)12-22-25(23)34-24-9-8-18(19-7-4-10-30-14-19)11-21(24)27(22)16-33-26(29)31-27/h4,7-14,17H,1-3,5-6,15-16H2,(H2,29,31)/t27-/m0/s1. The number of rotatable bonds is 4. The summed E-state index contributed by atoms with van der Waals surface area (Å²) in [5, 5.41) is 0. The Bertz CT molecular complexity index is 1260. The van der Waals surface area contributed by atoms with Crippen LogP contribution in [-0.4, -0.2) is 24.2 Å². The first-order chi connectivity index (χ1) is 16.6. The summed E-state index contributed by atoms with van der Waals surface area (Å²) in [5.41, 5.74) is 8.20. The molecule has 3 aliphatic rings. The van der Waals surface area contributed by atoms with Gasteiger partial charge in [0.1, 0.15) is 18.1 Å². The molecule has 1 fully saturated rings. The topological polar surface area (TPSA) is 79.0 Å². The van der Waals surface area contributed by atoms with E-state index in [4.69, 9.17) is 19.9 Å². The predicted molar refractivity (Wildman–Crippen MR) is 127 cm³/mol. The van der Waals surface area contributed by atoms with Gasteiger partial charge in [-0.15, -0.1) is 0 Å². The first-order valence-corrected chi connectivity index (χ1v) is 11.8. The summed E-state index contributed by atoms with van der Waals surface area (Å²) in [6.45, 7) is 0.736. The van der Waals surface area contributed by atoms with Gasteiger partial charge >= 0.3 is 0 Å². The van der Waals surface area contributed by atoms with Gasteiger partial charge in [0, 0.05) is 35.2 Å². The molecule has 0 saturated heterocycles. The second-order valence-electron chi connectivity index (χ2n) is 9.25. The molecular weight excluding hydrogens is 433 g/mol. The molecule has 1 spiro atoms. The molecular formula is C27H26FN3O3. The summed E-state index contributed by atoms with van der Waals surface area (Å²) in [4.78, 5) is 8.91. The van der Waals surface area contributed by atoms with E-state index in [9.17, 15) is 0 Å². The molecule has 1 atom stereocenters. The number of halogens is 1. The Morgan fingerprint density at radius 1 is 1.06 bits per heavy atom. The van der Waals surface area contributed by atoms with E-state index in [2.05, 4.69) is 9.98 Å². The average Bonchev–Trinajstić information content (AvgIpc) is 3.27. The van der Waals surface area contributed by atoms with Gasteiger partial charge in [0.2, 0.25) is 0 Å². The number of pyridine rings is 1. The van der Waals surface area contributed by atoms with Gasteiger partial charge in [-0.1, -0.05) is 31.4 Å². The van der Waals surface area contributed by atoms with E-state index in [-0.39, 0.29) is 18.4 Å². The smallest absolute Gasteiger partial charge is 0.283 e. The number of ether oxygens (including phenoxy) is 3. The van der Waals surface area contributed by atoms with Crippen molar-refractivity contribution in [2.75, 3.05) is 13.2 Å². The highest BCUT2D eigenvalue weighted by atomic mass is 19.1. The lowest BCUT2D eigenvalue weighted by Crippen LogP contribution is -2.31. The van der Waals surface area contributed by atoms with E-state index in [0.717, 1.165) is 29.5 Å². The van der Waals surface area contributed by atoms with Crippen LogP contribution in [0.4, 0.5) is 4.39 Å². The van der Waals surface area contributed by atoms with Gasteiger partial charge in [-0.2, -0.15) is 0 Å². The van der Waals surface area contributed by atoms with Crippen molar-refractivity contribution >= 4 is 6.02 Å². The molecule has 3 heterocycles. The van der Waals surface area contributed by atoms with Crippen LogP contribution in [0, 0.1) is 11.7 Å². The van der Waals surface area contributed by atoms with Gasteiger partial charge in [0.05, 0.1) is 6.61 Å². The summed E-state index contributed by atoms with van der Waals surface area (Å²) < 4.78 is 33.1. The van der Waals surface area contributed by atoms with Crippen molar-refractivity contribution < 1.29 is 18.6 Å². The number of benzene rings is 2. The van der Waals surface area contributed by atoms with E-state index < -0.39 is 11.4 Å². The highest BCUT2D eigenvalue weighted by Gasteiger charge is 2.48. The molecule has 1 saturated carbocycles. The molecule has 1 aromatic heterocycles. The monoisotopic (exact) mass is 459 g/mol. The molecule has 34 heavy (non-hydrogen) atoms. The van der Waals surface area contributed by atoms with E-state index in [1.54, 1.807) is 12.4 Å². The maximum absolute atomic E-state index is 15.3. The normalized spacial score (nSPS) is 21.3. The van der Waals surface area contributed by atoms with Crippen molar-refractivity contribution in [2.24, 2.45) is 16.6 Å². The van der Waals surface area contributed by atoms with Crippen LogP contribution in [-0.2, 0) is 10.3 Å². The number of amidine groups is 1. The Labute approximate surface area is 197 Å². The number of nitrogens with zero attached hydrogens (tertiary/aromatic N) is 2. The van der Waals surface area contributed by atoms with Crippen molar-refractivity contribution in [1.82, 2.24) is 4.98 Å². The molecule has 0 radical (unpaired) electrons. The fraction of sp³-hybridized carbons (Fsp3) is 0.333. The predicted octanol–water partition coefficient (Wildman–Crippen LogP) is 5.54. The molecule has 0 bridgehead atoms. The third-order valence-electron chi connectivity index (χ3n) is 7.04. The highest BCUT2D eigenvalue weighted by molar-refractivity contribution is 5.78. The second-order valence-corrected chi connectivity index (χ2v) is 9.25. The minimum atomic E-state index is -1.02. The van der Waals surface area contributed by atoms with Gasteiger partial charge in [0.15, 0.2) is 17.1 Å². The fourth-order valence-corrected chi connectivity index (χ4v) is 5.25. The third kappa shape index (κ3) is 3.56. The van der Waals surface area contributed by atoms with Gasteiger partial charge in [-0.05, 0) is 48.6 Å². The Hall–Kier alpha value is -3.61. The van der Waals surface area contributed by atoms with Crippen molar-refractivity contribution in [3.8, 4) is 28.4 Å². The SMILES string of the molecule is NC1=N[C@@]2(CO1)c1cc(-c3cccnc3)ccc1Oc1c(F)cc(OCC3CCCCC3)cc12. The molecule has 3 aromatic rings. The van der Waals surface area contributed by atoms with E-state index in [0.29, 0.717) is 29.6 Å². The van der Waals surface area contributed by atoms with Gasteiger partial charge in [-0.3, -0.25) is 4.98 Å². The average molecular weight is 460 g/mol. The zero-order chi connectivity index (χ0) is 23.1. The first kappa shape index (κ1) is 21.0. The molecule has 2 aliphatic heterocycles. The molecule has 0 amide bonds. The van der Waals surface area contributed by atoms with E-state index in [1.165, 1.54) is 25.3 Å². The van der Waals surface area contributed by atoms with Crippen molar-refractivity contribution in [2.45, 2.75) is 37.6 Å². The Morgan fingerprint density at radius 2 is 1.94 bits per heavy atom. The minimum absolute atomic E-state index is 0.0690. The van der Waals surface area contributed by atoms with Crippen molar-refractivity contribution in [3.63, 3.8) is 0 Å². The summed E-state index contributed by atoms with van der Waals surface area (Å²) in [7, 11) is 0.